The summed E-state index contributed by atoms with van der Waals surface area (Å²) in [6, 6.07) is 18.0. The molecule has 0 aliphatic carbocycles. The first-order valence-electron chi connectivity index (χ1n) is 10.6. The van der Waals surface area contributed by atoms with Gasteiger partial charge in [-0.1, -0.05) is 41.9 Å². The Kier molecular flexibility index (Phi) is 6.95. The largest absolute Gasteiger partial charge is 0.355 e. The number of hydrogen-bond acceptors (Lipinski definition) is 4. The van der Waals surface area contributed by atoms with Gasteiger partial charge in [-0.2, -0.15) is 0 Å². The van der Waals surface area contributed by atoms with Gasteiger partial charge in [0.1, 0.15) is 6.54 Å². The summed E-state index contributed by atoms with van der Waals surface area (Å²) >= 11 is 6.11. The lowest BCUT2D eigenvalue weighted by Gasteiger charge is -2.14. The number of fused-ring (bicyclic) bond motifs is 1. The topological polar surface area (TPSA) is 81.1 Å². The summed E-state index contributed by atoms with van der Waals surface area (Å²) in [4.78, 5) is 42.6. The van der Waals surface area contributed by atoms with Gasteiger partial charge >= 0.3 is 0 Å². The van der Waals surface area contributed by atoms with Crippen molar-refractivity contribution in [1.82, 2.24) is 14.9 Å². The van der Waals surface area contributed by atoms with E-state index >= 15 is 0 Å². The number of amides is 1. The van der Waals surface area contributed by atoms with Gasteiger partial charge in [0.25, 0.3) is 0 Å². The SMILES string of the molecule is O=C(Cn1cc(C(=O)c2ccncc2)c(=O)c2cc(Cl)ccc21)NCCCc1ccccc1. The lowest BCUT2D eigenvalue weighted by atomic mass is 10.0. The van der Waals surface area contributed by atoms with Gasteiger partial charge in [0.2, 0.25) is 11.3 Å². The van der Waals surface area contributed by atoms with Crippen LogP contribution in [-0.4, -0.2) is 27.8 Å². The number of aryl methyl sites for hydroxylation is 1. The van der Waals surface area contributed by atoms with Crippen molar-refractivity contribution >= 4 is 34.2 Å². The van der Waals surface area contributed by atoms with Crippen molar-refractivity contribution in [3.63, 3.8) is 0 Å². The third-order valence-electron chi connectivity index (χ3n) is 5.35. The van der Waals surface area contributed by atoms with Crippen molar-refractivity contribution in [2.24, 2.45) is 0 Å². The monoisotopic (exact) mass is 459 g/mol. The summed E-state index contributed by atoms with van der Waals surface area (Å²) in [6.07, 6.45) is 6.11. The zero-order valence-electron chi connectivity index (χ0n) is 17.8. The van der Waals surface area contributed by atoms with E-state index in [0.29, 0.717) is 28.0 Å². The first-order chi connectivity index (χ1) is 16.0. The molecule has 0 aliphatic heterocycles. The molecule has 2 heterocycles. The molecule has 4 rings (SSSR count). The number of nitrogens with one attached hydrogen (secondary N) is 1. The normalized spacial score (nSPS) is 10.8. The quantitative estimate of drug-likeness (QED) is 0.318. The highest BCUT2D eigenvalue weighted by Crippen LogP contribution is 2.19. The number of carbonyl (C=O) groups is 2. The molecule has 0 unspecified atom stereocenters. The van der Waals surface area contributed by atoms with Gasteiger partial charge in [-0.3, -0.25) is 19.4 Å². The minimum atomic E-state index is -0.429. The minimum Gasteiger partial charge on any atom is -0.355 e. The van der Waals surface area contributed by atoms with Gasteiger partial charge < -0.3 is 9.88 Å². The van der Waals surface area contributed by atoms with Gasteiger partial charge in [0.15, 0.2) is 5.78 Å². The van der Waals surface area contributed by atoms with E-state index in [9.17, 15) is 14.4 Å². The predicted molar refractivity (Wildman–Crippen MR) is 129 cm³/mol. The lowest BCUT2D eigenvalue weighted by Crippen LogP contribution is -2.30. The van der Waals surface area contributed by atoms with Crippen LogP contribution in [0.15, 0.2) is 84.0 Å². The number of rotatable bonds is 8. The smallest absolute Gasteiger partial charge is 0.239 e. The maximum Gasteiger partial charge on any atom is 0.239 e. The Morgan fingerprint density at radius 1 is 1.00 bits per heavy atom. The second-order valence-corrected chi connectivity index (χ2v) is 8.10. The highest BCUT2D eigenvalue weighted by molar-refractivity contribution is 6.31. The van der Waals surface area contributed by atoms with Gasteiger partial charge in [0, 0.05) is 41.1 Å². The van der Waals surface area contributed by atoms with Crippen LogP contribution in [0.2, 0.25) is 5.02 Å². The standard InChI is InChI=1S/C26H22ClN3O3/c27-20-8-9-23-21(15-20)26(33)22(25(32)19-10-13-28-14-11-19)16-30(23)17-24(31)29-12-4-7-18-5-2-1-3-6-18/h1-3,5-6,8-11,13-16H,4,7,12,17H2,(H,29,31). The predicted octanol–water partition coefficient (Wildman–Crippen LogP) is 4.03. The molecule has 166 valence electrons. The van der Waals surface area contributed by atoms with E-state index in [1.165, 1.54) is 30.2 Å². The molecule has 0 fully saturated rings. The molecule has 0 atom stereocenters. The fourth-order valence-corrected chi connectivity index (χ4v) is 3.87. The Morgan fingerprint density at radius 3 is 2.52 bits per heavy atom. The molecular weight excluding hydrogens is 438 g/mol. The molecule has 4 aromatic rings. The molecule has 1 N–H and O–H groups in total. The molecule has 7 heteroatoms. The van der Waals surface area contributed by atoms with Crippen LogP contribution in [0.25, 0.3) is 10.9 Å². The van der Waals surface area contributed by atoms with Crippen LogP contribution in [0.3, 0.4) is 0 Å². The van der Waals surface area contributed by atoms with E-state index in [0.717, 1.165) is 12.8 Å². The second-order valence-electron chi connectivity index (χ2n) is 7.67. The van der Waals surface area contributed by atoms with Crippen molar-refractivity contribution in [1.29, 1.82) is 0 Å². The number of halogens is 1. The number of ketones is 1. The molecule has 0 saturated heterocycles. The van der Waals surface area contributed by atoms with E-state index in [2.05, 4.69) is 22.4 Å². The van der Waals surface area contributed by atoms with Crippen LogP contribution in [-0.2, 0) is 17.8 Å². The number of hydrogen-bond donors (Lipinski definition) is 1. The number of pyridine rings is 2. The molecule has 0 aliphatic rings. The molecule has 1 amide bonds. The molecular formula is C26H22ClN3O3. The van der Waals surface area contributed by atoms with Crippen LogP contribution < -0.4 is 10.7 Å². The molecule has 0 radical (unpaired) electrons. The average molecular weight is 460 g/mol. The maximum absolute atomic E-state index is 13.1. The highest BCUT2D eigenvalue weighted by Gasteiger charge is 2.18. The fourth-order valence-electron chi connectivity index (χ4n) is 3.70. The zero-order valence-corrected chi connectivity index (χ0v) is 18.6. The summed E-state index contributed by atoms with van der Waals surface area (Å²) in [5, 5.41) is 3.59. The molecule has 0 spiro atoms. The number of aromatic nitrogens is 2. The second kappa shape index (κ2) is 10.2. The maximum atomic E-state index is 13.1. The zero-order chi connectivity index (χ0) is 23.2. The molecule has 2 aromatic carbocycles. The molecule has 0 bridgehead atoms. The Hall–Kier alpha value is -3.77. The third-order valence-corrected chi connectivity index (χ3v) is 5.59. The van der Waals surface area contributed by atoms with E-state index < -0.39 is 11.2 Å². The molecule has 0 saturated carbocycles. The Bertz CT molecular complexity index is 1350. The van der Waals surface area contributed by atoms with Crippen LogP contribution in [0.4, 0.5) is 0 Å². The summed E-state index contributed by atoms with van der Waals surface area (Å²) in [5.41, 5.74) is 1.66. The number of nitrogens with zero attached hydrogens (tertiary/aromatic N) is 2. The third kappa shape index (κ3) is 5.35. The summed E-state index contributed by atoms with van der Waals surface area (Å²) in [7, 11) is 0. The van der Waals surface area contributed by atoms with Crippen LogP contribution in [0.1, 0.15) is 27.9 Å². The van der Waals surface area contributed by atoms with E-state index in [4.69, 9.17) is 11.6 Å². The highest BCUT2D eigenvalue weighted by atomic mass is 35.5. The summed E-state index contributed by atoms with van der Waals surface area (Å²) in [5.74, 6) is -0.633. The average Bonchev–Trinajstić information content (AvgIpc) is 2.84. The Morgan fingerprint density at radius 2 is 1.76 bits per heavy atom. The van der Waals surface area contributed by atoms with Crippen molar-refractivity contribution in [2.75, 3.05) is 6.54 Å². The summed E-state index contributed by atoms with van der Waals surface area (Å²) < 4.78 is 1.62. The Labute approximate surface area is 195 Å². The minimum absolute atomic E-state index is 0.0205. The Balaban J connectivity index is 1.56. The van der Waals surface area contributed by atoms with Crippen LogP contribution in [0, 0.1) is 0 Å². The van der Waals surface area contributed by atoms with Gasteiger partial charge in [-0.15, -0.1) is 0 Å². The molecule has 6 nitrogen and oxygen atoms in total. The van der Waals surface area contributed by atoms with Crippen molar-refractivity contribution in [3.05, 3.63) is 111 Å². The first kappa shape index (κ1) is 22.4. The van der Waals surface area contributed by atoms with E-state index in [1.807, 2.05) is 18.2 Å². The van der Waals surface area contributed by atoms with E-state index in [1.54, 1.807) is 28.8 Å². The van der Waals surface area contributed by atoms with E-state index in [-0.39, 0.29) is 18.0 Å². The lowest BCUT2D eigenvalue weighted by molar-refractivity contribution is -0.121. The number of benzene rings is 2. The fraction of sp³-hybridized carbons (Fsp3) is 0.154. The van der Waals surface area contributed by atoms with Gasteiger partial charge in [-0.25, -0.2) is 0 Å². The van der Waals surface area contributed by atoms with Gasteiger partial charge in [-0.05, 0) is 48.7 Å². The van der Waals surface area contributed by atoms with Gasteiger partial charge in [0.05, 0.1) is 11.1 Å². The van der Waals surface area contributed by atoms with Crippen LogP contribution >= 0.6 is 11.6 Å². The van der Waals surface area contributed by atoms with Crippen molar-refractivity contribution < 1.29 is 9.59 Å². The van der Waals surface area contributed by atoms with Crippen LogP contribution in [0.5, 0.6) is 0 Å². The molecule has 2 aromatic heterocycles. The first-order valence-corrected chi connectivity index (χ1v) is 11.0. The van der Waals surface area contributed by atoms with Crippen molar-refractivity contribution in [3.8, 4) is 0 Å². The summed E-state index contributed by atoms with van der Waals surface area (Å²) in [6.45, 7) is 0.501. The van der Waals surface area contributed by atoms with Crippen molar-refractivity contribution in [2.45, 2.75) is 19.4 Å². The molecule has 33 heavy (non-hydrogen) atoms. The number of carbonyl (C=O) groups excluding carboxylic acids is 2.